The van der Waals surface area contributed by atoms with Crippen LogP contribution in [0.1, 0.15) is 49.7 Å². The zero-order chi connectivity index (χ0) is 18.8. The Hall–Kier alpha value is -2.62. The first-order valence-corrected chi connectivity index (χ1v) is 9.09. The van der Waals surface area contributed by atoms with Crippen LogP contribution in [0.2, 0.25) is 0 Å². The van der Waals surface area contributed by atoms with Crippen molar-refractivity contribution in [3.8, 4) is 0 Å². The third kappa shape index (κ3) is 5.73. The zero-order valence-electron chi connectivity index (χ0n) is 15.4. The summed E-state index contributed by atoms with van der Waals surface area (Å²) in [5.74, 6) is -1.72. The van der Waals surface area contributed by atoms with Gasteiger partial charge in [0.05, 0.1) is 13.2 Å². The van der Waals surface area contributed by atoms with Crippen molar-refractivity contribution in [2.24, 2.45) is 0 Å². The predicted molar refractivity (Wildman–Crippen MR) is 101 cm³/mol. The molecule has 0 heterocycles. The molecule has 0 aliphatic carbocycles. The van der Waals surface area contributed by atoms with Crippen molar-refractivity contribution in [2.75, 3.05) is 13.2 Å². The Labute approximate surface area is 155 Å². The van der Waals surface area contributed by atoms with Crippen LogP contribution in [0.3, 0.4) is 0 Å². The van der Waals surface area contributed by atoms with Gasteiger partial charge in [-0.25, -0.2) is 9.59 Å². The predicted octanol–water partition coefficient (Wildman–Crippen LogP) is 4.46. The molecule has 0 N–H and O–H groups in total. The highest BCUT2D eigenvalue weighted by atomic mass is 16.6. The van der Waals surface area contributed by atoms with Crippen LogP contribution < -0.4 is 0 Å². The highest BCUT2D eigenvalue weighted by molar-refractivity contribution is 6.29. The summed E-state index contributed by atoms with van der Waals surface area (Å²) in [4.78, 5) is 23.9. The quantitative estimate of drug-likeness (QED) is 0.519. The molecule has 2 unspecified atom stereocenters. The minimum atomic E-state index is -0.928. The number of carbonyl (C=O) groups excluding carboxylic acids is 2. The molecule has 0 bridgehead atoms. The fraction of sp³-hybridized carbons (Fsp3) is 0.364. The van der Waals surface area contributed by atoms with E-state index in [0.717, 1.165) is 24.0 Å². The second-order valence-electron chi connectivity index (χ2n) is 6.23. The molecule has 4 heteroatoms. The van der Waals surface area contributed by atoms with Crippen LogP contribution in [0.15, 0.2) is 60.7 Å². The summed E-state index contributed by atoms with van der Waals surface area (Å²) in [6, 6.07) is 19.6. The molecule has 2 rings (SSSR count). The van der Waals surface area contributed by atoms with Gasteiger partial charge in [0.25, 0.3) is 0 Å². The summed E-state index contributed by atoms with van der Waals surface area (Å²) in [6.07, 6.45) is 1.64. The number of rotatable bonds is 8. The van der Waals surface area contributed by atoms with Crippen molar-refractivity contribution in [2.45, 2.75) is 38.5 Å². The Morgan fingerprint density at radius 2 is 1.04 bits per heavy atom. The first kappa shape index (κ1) is 19.7. The first-order valence-electron chi connectivity index (χ1n) is 9.09. The van der Waals surface area contributed by atoms with E-state index in [-0.39, 0.29) is 25.0 Å². The van der Waals surface area contributed by atoms with Crippen LogP contribution in [0.5, 0.6) is 0 Å². The van der Waals surface area contributed by atoms with E-state index in [1.807, 2.05) is 74.5 Å². The van der Waals surface area contributed by atoms with E-state index in [1.54, 1.807) is 0 Å². The van der Waals surface area contributed by atoms with Crippen molar-refractivity contribution in [3.63, 3.8) is 0 Å². The molecule has 0 fully saturated rings. The lowest BCUT2D eigenvalue weighted by Gasteiger charge is -2.17. The Kier molecular flexibility index (Phi) is 7.87. The number of hydrogen-bond donors (Lipinski definition) is 0. The lowest BCUT2D eigenvalue weighted by Crippen LogP contribution is -2.24. The average molecular weight is 354 g/mol. The molecule has 2 atom stereocenters. The normalized spacial score (nSPS) is 12.8. The third-order valence-electron chi connectivity index (χ3n) is 4.53. The molecule has 0 aliphatic rings. The zero-order valence-corrected chi connectivity index (χ0v) is 15.4. The van der Waals surface area contributed by atoms with E-state index < -0.39 is 11.9 Å². The van der Waals surface area contributed by atoms with E-state index in [4.69, 9.17) is 9.47 Å². The molecular weight excluding hydrogens is 328 g/mol. The molecular formula is C22H26O4. The van der Waals surface area contributed by atoms with Crippen LogP contribution in [0.4, 0.5) is 0 Å². The number of benzene rings is 2. The molecule has 26 heavy (non-hydrogen) atoms. The Bertz CT molecular complexity index is 620. The lowest BCUT2D eigenvalue weighted by molar-refractivity contribution is -0.168. The van der Waals surface area contributed by atoms with Gasteiger partial charge in [0.2, 0.25) is 0 Å². The largest absolute Gasteiger partial charge is 0.457 e. The van der Waals surface area contributed by atoms with E-state index in [9.17, 15) is 9.59 Å². The maximum atomic E-state index is 11.9. The first-order chi connectivity index (χ1) is 12.7. The molecule has 0 spiro atoms. The van der Waals surface area contributed by atoms with E-state index >= 15 is 0 Å². The van der Waals surface area contributed by atoms with Gasteiger partial charge < -0.3 is 9.47 Å². The molecule has 0 saturated heterocycles. The van der Waals surface area contributed by atoms with Gasteiger partial charge in [0.1, 0.15) is 0 Å². The highest BCUT2D eigenvalue weighted by Crippen LogP contribution is 2.21. The molecule has 0 aliphatic heterocycles. The van der Waals surface area contributed by atoms with Gasteiger partial charge in [0.15, 0.2) is 0 Å². The van der Waals surface area contributed by atoms with Gasteiger partial charge in [-0.05, 0) is 24.0 Å². The number of esters is 2. The number of carbonyl (C=O) groups is 2. The summed E-state index contributed by atoms with van der Waals surface area (Å²) < 4.78 is 10.3. The number of hydrogen-bond acceptors (Lipinski definition) is 4. The monoisotopic (exact) mass is 354 g/mol. The molecule has 0 radical (unpaired) electrons. The molecule has 2 aromatic carbocycles. The van der Waals surface area contributed by atoms with E-state index in [1.165, 1.54) is 0 Å². The summed E-state index contributed by atoms with van der Waals surface area (Å²) in [5, 5.41) is 0. The standard InChI is InChI=1S/C22H26O4/c1-3-17(19-11-7-5-8-12-19)15-25-21(23)22(24)26-16-18(4-2)20-13-9-6-10-14-20/h5-14,17-18H,3-4,15-16H2,1-2H3. The van der Waals surface area contributed by atoms with Gasteiger partial charge >= 0.3 is 11.9 Å². The van der Waals surface area contributed by atoms with Crippen LogP contribution in [-0.4, -0.2) is 25.2 Å². The highest BCUT2D eigenvalue weighted by Gasteiger charge is 2.21. The van der Waals surface area contributed by atoms with Crippen LogP contribution in [0.25, 0.3) is 0 Å². The van der Waals surface area contributed by atoms with Crippen molar-refractivity contribution in [1.82, 2.24) is 0 Å². The maximum absolute atomic E-state index is 11.9. The Morgan fingerprint density at radius 1 is 0.692 bits per heavy atom. The third-order valence-corrected chi connectivity index (χ3v) is 4.53. The lowest BCUT2D eigenvalue weighted by atomic mass is 9.97. The van der Waals surface area contributed by atoms with Crippen molar-refractivity contribution in [1.29, 1.82) is 0 Å². The minimum Gasteiger partial charge on any atom is -0.457 e. The number of ether oxygens (including phenoxy) is 2. The maximum Gasteiger partial charge on any atom is 0.417 e. The topological polar surface area (TPSA) is 52.6 Å². The fourth-order valence-corrected chi connectivity index (χ4v) is 2.82. The Balaban J connectivity index is 1.82. The molecule has 0 amide bonds. The molecule has 138 valence electrons. The fourth-order valence-electron chi connectivity index (χ4n) is 2.82. The molecule has 2 aromatic rings. The van der Waals surface area contributed by atoms with Crippen molar-refractivity contribution < 1.29 is 19.1 Å². The molecule has 0 saturated carbocycles. The van der Waals surface area contributed by atoms with Gasteiger partial charge in [-0.3, -0.25) is 0 Å². The van der Waals surface area contributed by atoms with E-state index in [2.05, 4.69) is 0 Å². The van der Waals surface area contributed by atoms with Crippen LogP contribution in [0, 0.1) is 0 Å². The van der Waals surface area contributed by atoms with E-state index in [0.29, 0.717) is 0 Å². The van der Waals surface area contributed by atoms with Gasteiger partial charge in [-0.15, -0.1) is 0 Å². The SMILES string of the molecule is CCC(COC(=O)C(=O)OCC(CC)c1ccccc1)c1ccccc1. The van der Waals surface area contributed by atoms with Crippen molar-refractivity contribution in [3.05, 3.63) is 71.8 Å². The minimum absolute atomic E-state index is 0.0701. The summed E-state index contributed by atoms with van der Waals surface area (Å²) in [5.41, 5.74) is 2.18. The van der Waals surface area contributed by atoms with Gasteiger partial charge in [-0.1, -0.05) is 74.5 Å². The second-order valence-corrected chi connectivity index (χ2v) is 6.23. The molecule has 4 nitrogen and oxygen atoms in total. The van der Waals surface area contributed by atoms with Crippen LogP contribution in [-0.2, 0) is 19.1 Å². The van der Waals surface area contributed by atoms with Crippen LogP contribution >= 0.6 is 0 Å². The summed E-state index contributed by atoms with van der Waals surface area (Å²) >= 11 is 0. The second kappa shape index (κ2) is 10.4. The van der Waals surface area contributed by atoms with Crippen molar-refractivity contribution >= 4 is 11.9 Å². The van der Waals surface area contributed by atoms with Gasteiger partial charge in [0, 0.05) is 11.8 Å². The molecule has 0 aromatic heterocycles. The summed E-state index contributed by atoms with van der Waals surface area (Å²) in [6.45, 7) is 4.39. The average Bonchev–Trinajstić information content (AvgIpc) is 2.70. The van der Waals surface area contributed by atoms with Gasteiger partial charge in [-0.2, -0.15) is 0 Å². The smallest absolute Gasteiger partial charge is 0.417 e. The Morgan fingerprint density at radius 3 is 1.35 bits per heavy atom. The summed E-state index contributed by atoms with van der Waals surface area (Å²) in [7, 11) is 0.